The van der Waals surface area contributed by atoms with Crippen LogP contribution in [-0.4, -0.2) is 33.3 Å². The minimum atomic E-state index is -0.521. The van der Waals surface area contributed by atoms with Crippen molar-refractivity contribution in [3.05, 3.63) is 104 Å². The molecule has 0 bridgehead atoms. The zero-order chi connectivity index (χ0) is 25.7. The van der Waals surface area contributed by atoms with Crippen molar-refractivity contribution >= 4 is 23.4 Å². The number of hydrogen-bond acceptors (Lipinski definition) is 7. The molecule has 10 heteroatoms. The second kappa shape index (κ2) is 11.5. The third-order valence-electron chi connectivity index (χ3n) is 5.52. The van der Waals surface area contributed by atoms with Gasteiger partial charge < -0.3 is 9.47 Å². The lowest BCUT2D eigenvalue weighted by Gasteiger charge is -2.17. The van der Waals surface area contributed by atoms with E-state index in [1.807, 2.05) is 60.9 Å². The molecular formula is C26H25ClN4O4S. The standard InChI is InChI=1S/C26H25ClN4O4S/c1-17-4-11-22(12-5-17)31-18(2)28-29-26(31)36-25(15-30(32)33)20-8-13-23(24(14-20)34-3)35-16-19-6-9-21(27)10-7-19/h4-14,25H,15-16H2,1-3H3/t25-/m1/s1. The fourth-order valence-corrected chi connectivity index (χ4v) is 4.92. The Morgan fingerprint density at radius 2 is 1.75 bits per heavy atom. The molecule has 1 heterocycles. The monoisotopic (exact) mass is 524 g/mol. The number of thioether (sulfide) groups is 1. The molecule has 0 spiro atoms. The number of benzene rings is 3. The quantitative estimate of drug-likeness (QED) is 0.138. The van der Waals surface area contributed by atoms with Crippen LogP contribution in [0.2, 0.25) is 5.02 Å². The van der Waals surface area contributed by atoms with Gasteiger partial charge in [0.2, 0.25) is 6.54 Å². The van der Waals surface area contributed by atoms with Crippen molar-refractivity contribution in [2.24, 2.45) is 0 Å². The van der Waals surface area contributed by atoms with Crippen molar-refractivity contribution in [3.8, 4) is 17.2 Å². The minimum Gasteiger partial charge on any atom is -0.493 e. The number of rotatable bonds is 10. The van der Waals surface area contributed by atoms with Crippen molar-refractivity contribution < 1.29 is 14.4 Å². The van der Waals surface area contributed by atoms with Crippen LogP contribution < -0.4 is 9.47 Å². The summed E-state index contributed by atoms with van der Waals surface area (Å²) < 4.78 is 13.4. The summed E-state index contributed by atoms with van der Waals surface area (Å²) in [5, 5.41) is 20.8. The van der Waals surface area contributed by atoms with Gasteiger partial charge in [0.15, 0.2) is 16.7 Å². The maximum Gasteiger partial charge on any atom is 0.220 e. The number of nitro groups is 1. The van der Waals surface area contributed by atoms with Crippen molar-refractivity contribution in [3.63, 3.8) is 0 Å². The average molecular weight is 525 g/mol. The third kappa shape index (κ3) is 6.16. The number of hydrogen-bond donors (Lipinski definition) is 0. The van der Waals surface area contributed by atoms with Gasteiger partial charge in [0.1, 0.15) is 17.7 Å². The van der Waals surface area contributed by atoms with Gasteiger partial charge >= 0.3 is 0 Å². The Labute approximate surface area is 218 Å². The molecule has 0 aliphatic heterocycles. The number of aromatic nitrogens is 3. The Kier molecular flexibility index (Phi) is 8.12. The second-order valence-electron chi connectivity index (χ2n) is 8.15. The summed E-state index contributed by atoms with van der Waals surface area (Å²) in [5.41, 5.74) is 3.71. The Morgan fingerprint density at radius 1 is 1.03 bits per heavy atom. The van der Waals surface area contributed by atoms with Gasteiger partial charge in [-0.15, -0.1) is 10.2 Å². The van der Waals surface area contributed by atoms with Crippen molar-refractivity contribution in [1.82, 2.24) is 14.8 Å². The Morgan fingerprint density at radius 3 is 2.42 bits per heavy atom. The average Bonchev–Trinajstić information content (AvgIpc) is 3.23. The zero-order valence-corrected chi connectivity index (χ0v) is 21.6. The summed E-state index contributed by atoms with van der Waals surface area (Å²) in [7, 11) is 1.54. The van der Waals surface area contributed by atoms with E-state index < -0.39 is 5.25 Å². The summed E-state index contributed by atoms with van der Waals surface area (Å²) in [6, 6.07) is 20.7. The molecule has 0 aliphatic carbocycles. The van der Waals surface area contributed by atoms with E-state index in [4.69, 9.17) is 21.1 Å². The normalized spacial score (nSPS) is 11.8. The number of halogens is 1. The van der Waals surface area contributed by atoms with Crippen LogP contribution in [0.4, 0.5) is 0 Å². The fourth-order valence-electron chi connectivity index (χ4n) is 3.63. The van der Waals surface area contributed by atoms with E-state index in [1.165, 1.54) is 11.8 Å². The molecule has 0 fully saturated rings. The van der Waals surface area contributed by atoms with Gasteiger partial charge in [-0.2, -0.15) is 0 Å². The van der Waals surface area contributed by atoms with Crippen LogP contribution >= 0.6 is 23.4 Å². The highest BCUT2D eigenvalue weighted by molar-refractivity contribution is 7.99. The first-order valence-corrected chi connectivity index (χ1v) is 12.4. The summed E-state index contributed by atoms with van der Waals surface area (Å²) >= 11 is 7.24. The van der Waals surface area contributed by atoms with E-state index in [2.05, 4.69) is 10.2 Å². The van der Waals surface area contributed by atoms with Crippen LogP contribution in [0.5, 0.6) is 11.5 Å². The van der Waals surface area contributed by atoms with E-state index in [9.17, 15) is 10.1 Å². The van der Waals surface area contributed by atoms with E-state index in [1.54, 1.807) is 31.4 Å². The first-order chi connectivity index (χ1) is 17.3. The molecule has 0 aliphatic rings. The summed E-state index contributed by atoms with van der Waals surface area (Å²) in [4.78, 5) is 11.2. The molecule has 186 valence electrons. The molecule has 0 saturated carbocycles. The van der Waals surface area contributed by atoms with E-state index in [0.717, 1.165) is 22.4 Å². The van der Waals surface area contributed by atoms with E-state index in [0.29, 0.717) is 34.1 Å². The number of methoxy groups -OCH3 is 1. The minimum absolute atomic E-state index is 0.293. The Hall–Kier alpha value is -3.56. The topological polar surface area (TPSA) is 92.3 Å². The van der Waals surface area contributed by atoms with Gasteiger partial charge in [-0.25, -0.2) is 0 Å². The molecule has 36 heavy (non-hydrogen) atoms. The number of nitrogens with zero attached hydrogens (tertiary/aromatic N) is 4. The molecular weight excluding hydrogens is 500 g/mol. The van der Waals surface area contributed by atoms with Crippen molar-refractivity contribution in [2.75, 3.05) is 13.7 Å². The van der Waals surface area contributed by atoms with E-state index in [-0.39, 0.29) is 11.5 Å². The van der Waals surface area contributed by atoms with E-state index >= 15 is 0 Å². The molecule has 0 saturated heterocycles. The first kappa shape index (κ1) is 25.5. The maximum atomic E-state index is 11.6. The molecule has 0 radical (unpaired) electrons. The molecule has 0 N–H and O–H groups in total. The lowest BCUT2D eigenvalue weighted by molar-refractivity contribution is -0.479. The summed E-state index contributed by atoms with van der Waals surface area (Å²) in [5.74, 6) is 1.73. The van der Waals surface area contributed by atoms with Gasteiger partial charge in [-0.05, 0) is 61.4 Å². The van der Waals surface area contributed by atoms with Crippen LogP contribution in [0.1, 0.15) is 27.8 Å². The van der Waals surface area contributed by atoms with Crippen molar-refractivity contribution in [2.45, 2.75) is 30.9 Å². The zero-order valence-electron chi connectivity index (χ0n) is 20.1. The lowest BCUT2D eigenvalue weighted by atomic mass is 10.1. The molecule has 8 nitrogen and oxygen atoms in total. The maximum absolute atomic E-state index is 11.6. The molecule has 1 atom stereocenters. The van der Waals surface area contributed by atoms with Crippen LogP contribution in [0.15, 0.2) is 71.9 Å². The number of ether oxygens (including phenoxy) is 2. The van der Waals surface area contributed by atoms with Crippen LogP contribution in [0, 0.1) is 24.0 Å². The third-order valence-corrected chi connectivity index (χ3v) is 6.95. The first-order valence-electron chi connectivity index (χ1n) is 11.2. The fraction of sp³-hybridized carbons (Fsp3) is 0.231. The summed E-state index contributed by atoms with van der Waals surface area (Å²) in [6.45, 7) is 3.91. The largest absolute Gasteiger partial charge is 0.493 e. The second-order valence-corrected chi connectivity index (χ2v) is 9.75. The highest BCUT2D eigenvalue weighted by atomic mass is 35.5. The molecule has 0 amide bonds. The van der Waals surface area contributed by atoms with Gasteiger partial charge in [-0.1, -0.05) is 59.3 Å². The van der Waals surface area contributed by atoms with Crippen LogP contribution in [0.3, 0.4) is 0 Å². The van der Waals surface area contributed by atoms with Gasteiger partial charge in [0.25, 0.3) is 0 Å². The highest BCUT2D eigenvalue weighted by Crippen LogP contribution is 2.39. The molecule has 4 aromatic rings. The Bertz CT molecular complexity index is 1340. The van der Waals surface area contributed by atoms with Crippen LogP contribution in [0.25, 0.3) is 5.69 Å². The SMILES string of the molecule is COc1cc([C@@H](C[N+](=O)[O-])Sc2nnc(C)n2-c2ccc(C)cc2)ccc1OCc1ccc(Cl)cc1. The van der Waals surface area contributed by atoms with Gasteiger partial charge in [0, 0.05) is 15.6 Å². The predicted molar refractivity (Wildman–Crippen MR) is 140 cm³/mol. The lowest BCUT2D eigenvalue weighted by Crippen LogP contribution is -2.11. The molecule has 1 aromatic heterocycles. The highest BCUT2D eigenvalue weighted by Gasteiger charge is 2.25. The predicted octanol–water partition coefficient (Wildman–Crippen LogP) is 6.24. The van der Waals surface area contributed by atoms with Crippen molar-refractivity contribution in [1.29, 1.82) is 0 Å². The van der Waals surface area contributed by atoms with Crippen LogP contribution in [-0.2, 0) is 6.61 Å². The molecule has 3 aromatic carbocycles. The molecule has 4 rings (SSSR count). The summed E-state index contributed by atoms with van der Waals surface area (Å²) in [6.07, 6.45) is 0. The molecule has 0 unspecified atom stereocenters. The smallest absolute Gasteiger partial charge is 0.220 e. The van der Waals surface area contributed by atoms with Gasteiger partial charge in [0.05, 0.1) is 7.11 Å². The Balaban J connectivity index is 1.59. The van der Waals surface area contributed by atoms with Gasteiger partial charge in [-0.3, -0.25) is 14.7 Å². The number of aryl methyl sites for hydroxylation is 2.